The lowest BCUT2D eigenvalue weighted by molar-refractivity contribution is -0.124. The zero-order valence-electron chi connectivity index (χ0n) is 11.0. The predicted molar refractivity (Wildman–Crippen MR) is 71.6 cm³/mol. The maximum Gasteiger partial charge on any atom is 0.224 e. The smallest absolute Gasteiger partial charge is 0.224 e. The van der Waals surface area contributed by atoms with Crippen LogP contribution in [0.4, 0.5) is 0 Å². The van der Waals surface area contributed by atoms with Gasteiger partial charge in [-0.1, -0.05) is 25.0 Å². The van der Waals surface area contributed by atoms with E-state index in [0.717, 1.165) is 25.8 Å². The molecule has 0 aromatic carbocycles. The molecule has 0 heterocycles. The molecule has 1 rings (SSSR count). The maximum absolute atomic E-state index is 11.8. The first-order valence-corrected chi connectivity index (χ1v) is 6.93. The minimum absolute atomic E-state index is 0.000311. The highest BCUT2D eigenvalue weighted by Crippen LogP contribution is 2.19. The second kappa shape index (κ2) is 8.29. The molecule has 1 amide bonds. The molecular formula is C14H26N2O. The highest BCUT2D eigenvalue weighted by Gasteiger charge is 2.15. The van der Waals surface area contributed by atoms with Gasteiger partial charge in [-0.25, -0.2) is 0 Å². The van der Waals surface area contributed by atoms with E-state index in [2.05, 4.69) is 18.3 Å². The van der Waals surface area contributed by atoms with Crippen molar-refractivity contribution >= 4 is 5.91 Å². The standard InChI is InChI=1S/C14H26N2O/c1-2-6-13(11-15)14(17)16-10-9-12-7-4-3-5-8-12/h7,13H,2-6,8-11,15H2,1H3,(H,16,17). The number of carbonyl (C=O) groups is 1. The number of hydrogen-bond donors (Lipinski definition) is 2. The molecule has 0 radical (unpaired) electrons. The van der Waals surface area contributed by atoms with Crippen LogP contribution in [0, 0.1) is 5.92 Å². The molecule has 3 heteroatoms. The lowest BCUT2D eigenvalue weighted by Gasteiger charge is -2.16. The number of nitrogens with two attached hydrogens (primary N) is 1. The summed E-state index contributed by atoms with van der Waals surface area (Å²) >= 11 is 0. The van der Waals surface area contributed by atoms with E-state index < -0.39 is 0 Å². The van der Waals surface area contributed by atoms with E-state index in [1.165, 1.54) is 31.3 Å². The SMILES string of the molecule is CCCC(CN)C(=O)NCCC1=CCCCC1. The Balaban J connectivity index is 2.20. The quantitative estimate of drug-likeness (QED) is 0.669. The van der Waals surface area contributed by atoms with Crippen molar-refractivity contribution in [2.75, 3.05) is 13.1 Å². The van der Waals surface area contributed by atoms with E-state index in [1.807, 2.05) is 0 Å². The first-order valence-electron chi connectivity index (χ1n) is 6.93. The first-order chi connectivity index (χ1) is 8.27. The van der Waals surface area contributed by atoms with Crippen molar-refractivity contribution in [2.24, 2.45) is 11.7 Å². The van der Waals surface area contributed by atoms with Gasteiger partial charge in [-0.05, 0) is 38.5 Å². The van der Waals surface area contributed by atoms with Gasteiger partial charge in [0.1, 0.15) is 0 Å². The third-order valence-electron chi connectivity index (χ3n) is 3.42. The van der Waals surface area contributed by atoms with Crippen molar-refractivity contribution in [3.63, 3.8) is 0 Å². The summed E-state index contributed by atoms with van der Waals surface area (Å²) in [5, 5.41) is 3.01. The molecule has 98 valence electrons. The monoisotopic (exact) mass is 238 g/mol. The maximum atomic E-state index is 11.8. The number of amides is 1. The number of rotatable bonds is 7. The zero-order valence-corrected chi connectivity index (χ0v) is 11.0. The van der Waals surface area contributed by atoms with Crippen LogP contribution in [0.1, 0.15) is 51.9 Å². The van der Waals surface area contributed by atoms with E-state index in [1.54, 1.807) is 0 Å². The van der Waals surface area contributed by atoms with Crippen molar-refractivity contribution in [1.82, 2.24) is 5.32 Å². The molecule has 17 heavy (non-hydrogen) atoms. The molecule has 1 atom stereocenters. The van der Waals surface area contributed by atoms with Gasteiger partial charge in [0, 0.05) is 13.1 Å². The summed E-state index contributed by atoms with van der Waals surface area (Å²) in [4.78, 5) is 11.8. The molecular weight excluding hydrogens is 212 g/mol. The third-order valence-corrected chi connectivity index (χ3v) is 3.42. The molecule has 0 saturated heterocycles. The van der Waals surface area contributed by atoms with E-state index in [0.29, 0.717) is 6.54 Å². The minimum Gasteiger partial charge on any atom is -0.356 e. The predicted octanol–water partition coefficient (Wildman–Crippen LogP) is 2.37. The van der Waals surface area contributed by atoms with E-state index in [4.69, 9.17) is 5.73 Å². The number of allylic oxidation sites excluding steroid dienone is 1. The molecule has 0 aromatic rings. The van der Waals surface area contributed by atoms with E-state index >= 15 is 0 Å². The van der Waals surface area contributed by atoms with Gasteiger partial charge in [-0.3, -0.25) is 4.79 Å². The molecule has 1 aliphatic rings. The van der Waals surface area contributed by atoms with Gasteiger partial charge >= 0.3 is 0 Å². The molecule has 0 bridgehead atoms. The first kappa shape index (κ1) is 14.2. The Kier molecular flexibility index (Phi) is 6.94. The normalized spacial score (nSPS) is 17.4. The Morgan fingerprint density at radius 2 is 2.35 bits per heavy atom. The van der Waals surface area contributed by atoms with Crippen LogP contribution in [0.2, 0.25) is 0 Å². The average Bonchev–Trinajstić information content (AvgIpc) is 2.37. The van der Waals surface area contributed by atoms with Crippen LogP contribution in [-0.2, 0) is 4.79 Å². The molecule has 3 N–H and O–H groups in total. The summed E-state index contributed by atoms with van der Waals surface area (Å²) in [6.45, 7) is 3.32. The average molecular weight is 238 g/mol. The Bertz CT molecular complexity index is 261. The Morgan fingerprint density at radius 1 is 1.53 bits per heavy atom. The van der Waals surface area contributed by atoms with Crippen LogP contribution >= 0.6 is 0 Å². The minimum atomic E-state index is 0.000311. The summed E-state index contributed by atoms with van der Waals surface area (Å²) in [5.41, 5.74) is 7.11. The zero-order chi connectivity index (χ0) is 12.5. The Hall–Kier alpha value is -0.830. The second-order valence-electron chi connectivity index (χ2n) is 4.87. The Morgan fingerprint density at radius 3 is 2.94 bits per heavy atom. The van der Waals surface area contributed by atoms with Crippen molar-refractivity contribution in [3.05, 3.63) is 11.6 Å². The lowest BCUT2D eigenvalue weighted by Crippen LogP contribution is -2.35. The van der Waals surface area contributed by atoms with E-state index in [-0.39, 0.29) is 11.8 Å². The summed E-state index contributed by atoms with van der Waals surface area (Å²) < 4.78 is 0. The second-order valence-corrected chi connectivity index (χ2v) is 4.87. The van der Waals surface area contributed by atoms with Gasteiger partial charge in [0.2, 0.25) is 5.91 Å². The molecule has 1 unspecified atom stereocenters. The third kappa shape index (κ3) is 5.35. The number of hydrogen-bond acceptors (Lipinski definition) is 2. The van der Waals surface area contributed by atoms with Crippen molar-refractivity contribution in [3.8, 4) is 0 Å². The van der Waals surface area contributed by atoms with Crippen molar-refractivity contribution < 1.29 is 4.79 Å². The van der Waals surface area contributed by atoms with Gasteiger partial charge in [-0.15, -0.1) is 0 Å². The van der Waals surface area contributed by atoms with Crippen LogP contribution in [0.25, 0.3) is 0 Å². The molecule has 0 aliphatic heterocycles. The molecule has 0 fully saturated rings. The van der Waals surface area contributed by atoms with Gasteiger partial charge in [0.25, 0.3) is 0 Å². The van der Waals surface area contributed by atoms with Crippen LogP contribution in [0.3, 0.4) is 0 Å². The van der Waals surface area contributed by atoms with Crippen LogP contribution in [0.15, 0.2) is 11.6 Å². The van der Waals surface area contributed by atoms with Gasteiger partial charge in [0.05, 0.1) is 5.92 Å². The molecule has 0 saturated carbocycles. The fraction of sp³-hybridized carbons (Fsp3) is 0.786. The summed E-state index contributed by atoms with van der Waals surface area (Å²) in [5.74, 6) is 0.131. The van der Waals surface area contributed by atoms with E-state index in [9.17, 15) is 4.79 Å². The molecule has 0 spiro atoms. The summed E-state index contributed by atoms with van der Waals surface area (Å²) in [6, 6.07) is 0. The number of nitrogens with one attached hydrogen (secondary N) is 1. The van der Waals surface area contributed by atoms with Crippen LogP contribution in [0.5, 0.6) is 0 Å². The fourth-order valence-corrected chi connectivity index (χ4v) is 2.33. The van der Waals surface area contributed by atoms with Gasteiger partial charge in [0.15, 0.2) is 0 Å². The number of carbonyl (C=O) groups excluding carboxylic acids is 1. The largest absolute Gasteiger partial charge is 0.356 e. The topological polar surface area (TPSA) is 55.1 Å². The fourth-order valence-electron chi connectivity index (χ4n) is 2.33. The lowest BCUT2D eigenvalue weighted by atomic mass is 9.97. The highest BCUT2D eigenvalue weighted by atomic mass is 16.1. The Labute approximate surface area is 105 Å². The van der Waals surface area contributed by atoms with Gasteiger partial charge < -0.3 is 11.1 Å². The summed E-state index contributed by atoms with van der Waals surface area (Å²) in [7, 11) is 0. The van der Waals surface area contributed by atoms with Crippen LogP contribution in [-0.4, -0.2) is 19.0 Å². The van der Waals surface area contributed by atoms with Gasteiger partial charge in [-0.2, -0.15) is 0 Å². The molecule has 0 aromatic heterocycles. The van der Waals surface area contributed by atoms with Crippen molar-refractivity contribution in [2.45, 2.75) is 51.9 Å². The van der Waals surface area contributed by atoms with Crippen molar-refractivity contribution in [1.29, 1.82) is 0 Å². The summed E-state index contributed by atoms with van der Waals surface area (Å²) in [6.07, 6.45) is 10.3. The van der Waals surface area contributed by atoms with Crippen LogP contribution < -0.4 is 11.1 Å². The molecule has 1 aliphatic carbocycles. The highest BCUT2D eigenvalue weighted by molar-refractivity contribution is 5.78. The molecule has 3 nitrogen and oxygen atoms in total.